The highest BCUT2D eigenvalue weighted by molar-refractivity contribution is 6.35. The molecule has 1 fully saturated rings. The van der Waals surface area contributed by atoms with Gasteiger partial charge in [0.25, 0.3) is 0 Å². The predicted octanol–water partition coefficient (Wildman–Crippen LogP) is 4.25. The van der Waals surface area contributed by atoms with Crippen LogP contribution < -0.4 is 4.74 Å². The van der Waals surface area contributed by atoms with E-state index in [4.69, 9.17) is 32.7 Å². The molecule has 4 nitrogen and oxygen atoms in total. The number of hydrogen-bond donors (Lipinski definition) is 1. The molecule has 27 heavy (non-hydrogen) atoms. The summed E-state index contributed by atoms with van der Waals surface area (Å²) in [7, 11) is 0. The molecule has 0 amide bonds. The third-order valence-corrected chi connectivity index (χ3v) is 5.05. The van der Waals surface area contributed by atoms with Crippen LogP contribution in [0.3, 0.4) is 0 Å². The summed E-state index contributed by atoms with van der Waals surface area (Å²) in [4.78, 5) is 2.06. The number of benzene rings is 2. The monoisotopic (exact) mass is 413 g/mol. The summed E-state index contributed by atoms with van der Waals surface area (Å²) >= 11 is 12.0. The molecule has 0 saturated carbocycles. The number of aryl methyl sites for hydroxylation is 1. The Morgan fingerprint density at radius 2 is 2.11 bits per heavy atom. The zero-order valence-electron chi connectivity index (χ0n) is 15.0. The summed E-state index contributed by atoms with van der Waals surface area (Å²) < 4.78 is 25.2. The molecule has 0 aliphatic carbocycles. The minimum atomic E-state index is -0.651. The van der Waals surface area contributed by atoms with Gasteiger partial charge in [0.1, 0.15) is 24.3 Å². The van der Waals surface area contributed by atoms with E-state index in [9.17, 15) is 9.50 Å². The molecule has 1 N–H and O–H groups in total. The molecular formula is C20H22Cl2FNO3. The second kappa shape index (κ2) is 9.22. The molecule has 2 aromatic rings. The van der Waals surface area contributed by atoms with E-state index in [0.717, 1.165) is 11.3 Å². The fraction of sp³-hybridized carbons (Fsp3) is 0.400. The summed E-state index contributed by atoms with van der Waals surface area (Å²) in [5.41, 5.74) is 1.67. The molecule has 1 aliphatic heterocycles. The van der Waals surface area contributed by atoms with E-state index < -0.39 is 11.9 Å². The van der Waals surface area contributed by atoms with Crippen LogP contribution in [0.4, 0.5) is 4.39 Å². The normalized spacial score (nSPS) is 19.1. The van der Waals surface area contributed by atoms with E-state index in [1.165, 1.54) is 12.1 Å². The van der Waals surface area contributed by atoms with Crippen LogP contribution in [-0.2, 0) is 4.74 Å². The first-order valence-corrected chi connectivity index (χ1v) is 9.54. The summed E-state index contributed by atoms with van der Waals surface area (Å²) in [6.07, 6.45) is -1.02. The van der Waals surface area contributed by atoms with Gasteiger partial charge in [0.15, 0.2) is 0 Å². The summed E-state index contributed by atoms with van der Waals surface area (Å²) in [6, 6.07) is 10.4. The van der Waals surface area contributed by atoms with Crippen molar-refractivity contribution in [2.24, 2.45) is 0 Å². The van der Waals surface area contributed by atoms with E-state index >= 15 is 0 Å². The van der Waals surface area contributed by atoms with Crippen molar-refractivity contribution >= 4 is 23.2 Å². The Balaban J connectivity index is 1.55. The summed E-state index contributed by atoms with van der Waals surface area (Å²) in [6.45, 7) is 4.26. The molecule has 2 unspecified atom stereocenters. The summed E-state index contributed by atoms with van der Waals surface area (Å²) in [5, 5.41) is 10.7. The Labute approximate surface area is 168 Å². The molecular weight excluding hydrogens is 392 g/mol. The highest BCUT2D eigenvalue weighted by atomic mass is 35.5. The van der Waals surface area contributed by atoms with Gasteiger partial charge in [-0.1, -0.05) is 35.3 Å². The van der Waals surface area contributed by atoms with Gasteiger partial charge < -0.3 is 14.6 Å². The van der Waals surface area contributed by atoms with Crippen LogP contribution in [0.5, 0.6) is 5.75 Å². The minimum Gasteiger partial charge on any atom is -0.491 e. The maximum atomic E-state index is 13.8. The Morgan fingerprint density at radius 3 is 2.89 bits per heavy atom. The smallest absolute Gasteiger partial charge is 0.142 e. The third-order valence-electron chi connectivity index (χ3n) is 4.44. The maximum absolute atomic E-state index is 13.8. The molecule has 2 aromatic carbocycles. The average molecular weight is 414 g/mol. The molecule has 1 aliphatic rings. The van der Waals surface area contributed by atoms with Crippen LogP contribution in [0.15, 0.2) is 36.4 Å². The molecule has 2 atom stereocenters. The lowest BCUT2D eigenvalue weighted by Gasteiger charge is -2.34. The molecule has 1 saturated heterocycles. The molecule has 3 rings (SSSR count). The topological polar surface area (TPSA) is 41.9 Å². The Morgan fingerprint density at radius 1 is 1.30 bits per heavy atom. The van der Waals surface area contributed by atoms with Crippen molar-refractivity contribution in [3.8, 4) is 5.75 Å². The van der Waals surface area contributed by atoms with Gasteiger partial charge in [0.05, 0.1) is 17.7 Å². The van der Waals surface area contributed by atoms with Gasteiger partial charge in [-0.05, 0) is 36.8 Å². The predicted molar refractivity (Wildman–Crippen MR) is 104 cm³/mol. The number of aliphatic hydroxyl groups is 1. The Kier molecular flexibility index (Phi) is 6.95. The number of ether oxygens (including phenoxy) is 2. The number of halogens is 3. The van der Waals surface area contributed by atoms with Crippen molar-refractivity contribution < 1.29 is 19.0 Å². The van der Waals surface area contributed by atoms with Crippen LogP contribution in [0.2, 0.25) is 10.0 Å². The lowest BCUT2D eigenvalue weighted by Crippen LogP contribution is -2.43. The number of rotatable bonds is 6. The third kappa shape index (κ3) is 5.56. The molecule has 0 aromatic heterocycles. The second-order valence-electron chi connectivity index (χ2n) is 6.69. The quantitative estimate of drug-likeness (QED) is 0.718. The Hall–Kier alpha value is -1.37. The van der Waals surface area contributed by atoms with Crippen LogP contribution in [-0.4, -0.2) is 49.0 Å². The molecule has 146 valence electrons. The van der Waals surface area contributed by atoms with Crippen molar-refractivity contribution in [3.05, 3.63) is 63.4 Å². The van der Waals surface area contributed by atoms with Crippen LogP contribution in [0.1, 0.15) is 17.2 Å². The van der Waals surface area contributed by atoms with Gasteiger partial charge in [-0.2, -0.15) is 0 Å². The fourth-order valence-corrected chi connectivity index (χ4v) is 3.59. The molecule has 7 heteroatoms. The minimum absolute atomic E-state index is 0.0138. The van der Waals surface area contributed by atoms with Gasteiger partial charge in [0.2, 0.25) is 0 Å². The number of hydrogen-bond acceptors (Lipinski definition) is 4. The van der Waals surface area contributed by atoms with Gasteiger partial charge in [-0.15, -0.1) is 0 Å². The van der Waals surface area contributed by atoms with Crippen molar-refractivity contribution in [1.29, 1.82) is 0 Å². The van der Waals surface area contributed by atoms with Crippen molar-refractivity contribution in [2.75, 3.05) is 32.8 Å². The number of morpholine rings is 1. The van der Waals surface area contributed by atoms with Crippen LogP contribution >= 0.6 is 23.2 Å². The molecule has 0 radical (unpaired) electrons. The van der Waals surface area contributed by atoms with Crippen molar-refractivity contribution in [1.82, 2.24) is 4.90 Å². The number of aliphatic hydroxyl groups excluding tert-OH is 1. The largest absolute Gasteiger partial charge is 0.491 e. The highest BCUT2D eigenvalue weighted by Crippen LogP contribution is 2.32. The second-order valence-corrected chi connectivity index (χ2v) is 7.50. The van der Waals surface area contributed by atoms with Gasteiger partial charge >= 0.3 is 0 Å². The Bertz CT molecular complexity index is 790. The van der Waals surface area contributed by atoms with Crippen molar-refractivity contribution in [3.63, 3.8) is 0 Å². The lowest BCUT2D eigenvalue weighted by atomic mass is 10.1. The standard InChI is InChI=1S/C20H22Cl2FNO3/c1-13-3-2-4-15(7-13)27-12-14(25)10-24-5-6-26-20(11-24)16-8-19(23)18(22)9-17(16)21/h2-4,7-9,14,20,25H,5-6,10-12H2,1H3. The molecule has 0 bridgehead atoms. The van der Waals surface area contributed by atoms with Crippen LogP contribution in [0, 0.1) is 12.7 Å². The van der Waals surface area contributed by atoms with E-state index in [0.29, 0.717) is 36.8 Å². The summed E-state index contributed by atoms with van der Waals surface area (Å²) in [5.74, 6) is 0.209. The van der Waals surface area contributed by atoms with Crippen LogP contribution in [0.25, 0.3) is 0 Å². The van der Waals surface area contributed by atoms with E-state index in [-0.39, 0.29) is 17.7 Å². The fourth-order valence-electron chi connectivity index (χ4n) is 3.09. The lowest BCUT2D eigenvalue weighted by molar-refractivity contribution is -0.0460. The van der Waals surface area contributed by atoms with Gasteiger partial charge in [-0.3, -0.25) is 4.90 Å². The average Bonchev–Trinajstić information content (AvgIpc) is 2.63. The molecule has 1 heterocycles. The SMILES string of the molecule is Cc1cccc(OCC(O)CN2CCOC(c3cc(F)c(Cl)cc3Cl)C2)c1. The first-order valence-electron chi connectivity index (χ1n) is 8.78. The molecule has 0 spiro atoms. The van der Waals surface area contributed by atoms with E-state index in [2.05, 4.69) is 4.90 Å². The zero-order valence-corrected chi connectivity index (χ0v) is 16.5. The zero-order chi connectivity index (χ0) is 19.4. The van der Waals surface area contributed by atoms with Gasteiger partial charge in [-0.25, -0.2) is 4.39 Å². The van der Waals surface area contributed by atoms with Crippen molar-refractivity contribution in [2.45, 2.75) is 19.1 Å². The number of nitrogens with zero attached hydrogens (tertiary/aromatic N) is 1. The first-order chi connectivity index (χ1) is 12.9. The van der Waals surface area contributed by atoms with E-state index in [1.807, 2.05) is 31.2 Å². The highest BCUT2D eigenvalue weighted by Gasteiger charge is 2.26. The number of β-amino-alcohol motifs (C(OH)–C–C–N with tert-alkyl or cyclic N) is 1. The maximum Gasteiger partial charge on any atom is 0.142 e. The first kappa shape index (κ1) is 20.4. The van der Waals surface area contributed by atoms with E-state index in [1.54, 1.807) is 0 Å². The van der Waals surface area contributed by atoms with Gasteiger partial charge in [0, 0.05) is 30.2 Å².